The number of carbonyl (C=O) groups is 2. The van der Waals surface area contributed by atoms with E-state index < -0.39 is 27.4 Å². The van der Waals surface area contributed by atoms with Crippen LogP contribution < -0.4 is 20.3 Å². The molecule has 176 valence electrons. The molecule has 34 heavy (non-hydrogen) atoms. The van der Waals surface area contributed by atoms with E-state index in [0.29, 0.717) is 16.9 Å². The summed E-state index contributed by atoms with van der Waals surface area (Å²) in [4.78, 5) is 30.3. The highest BCUT2D eigenvalue weighted by molar-refractivity contribution is 7.92. The van der Waals surface area contributed by atoms with Crippen LogP contribution in [0.3, 0.4) is 0 Å². The van der Waals surface area contributed by atoms with Gasteiger partial charge >= 0.3 is 6.03 Å². The van der Waals surface area contributed by atoms with Gasteiger partial charge in [0.2, 0.25) is 5.91 Å². The van der Waals surface area contributed by atoms with E-state index in [2.05, 4.69) is 15.6 Å². The van der Waals surface area contributed by atoms with E-state index in [0.717, 1.165) is 41.9 Å². The molecule has 1 atom stereocenters. The molecule has 0 spiro atoms. The Morgan fingerprint density at radius 1 is 1.21 bits per heavy atom. The first-order valence-electron chi connectivity index (χ1n) is 10.2. The number of aliphatic hydroxyl groups excluding tert-OH is 1. The van der Waals surface area contributed by atoms with Gasteiger partial charge in [0.05, 0.1) is 18.3 Å². The Balaban J connectivity index is 1.30. The van der Waals surface area contributed by atoms with E-state index in [1.54, 1.807) is 10.8 Å². The number of aromatic nitrogens is 1. The highest BCUT2D eigenvalue weighted by Crippen LogP contribution is 2.38. The molecular weight excluding hydrogens is 485 g/mol. The van der Waals surface area contributed by atoms with Crippen LogP contribution in [0, 0.1) is 5.13 Å². The molecule has 10 nitrogen and oxygen atoms in total. The van der Waals surface area contributed by atoms with Crippen molar-refractivity contribution < 1.29 is 27.5 Å². The average Bonchev–Trinajstić information content (AvgIpc) is 3.44. The van der Waals surface area contributed by atoms with Gasteiger partial charge in [-0.15, -0.1) is 0 Å². The number of thiophene rings is 1. The summed E-state index contributed by atoms with van der Waals surface area (Å²) in [6.07, 6.45) is 0.931. The molecule has 2 aliphatic rings. The number of halogens is 1. The molecule has 1 unspecified atom stereocenters. The first kappa shape index (κ1) is 22.3. The Hall–Kier alpha value is -3.55. The summed E-state index contributed by atoms with van der Waals surface area (Å²) in [5.74, 6) is -0.144. The Labute approximate surface area is 197 Å². The van der Waals surface area contributed by atoms with Gasteiger partial charge < -0.3 is 15.7 Å². The van der Waals surface area contributed by atoms with Gasteiger partial charge in [-0.05, 0) is 47.9 Å². The van der Waals surface area contributed by atoms with Crippen molar-refractivity contribution in [1.29, 1.82) is 0 Å². The third-order valence-corrected chi connectivity index (χ3v) is 8.27. The van der Waals surface area contributed by atoms with Crippen molar-refractivity contribution in [3.63, 3.8) is 0 Å². The van der Waals surface area contributed by atoms with Crippen LogP contribution in [0.5, 0.6) is 0 Å². The minimum atomic E-state index is -4.23. The lowest BCUT2D eigenvalue weighted by Crippen LogP contribution is -2.41. The molecule has 0 radical (unpaired) electrons. The second kappa shape index (κ2) is 8.34. The Morgan fingerprint density at radius 3 is 2.74 bits per heavy atom. The highest BCUT2D eigenvalue weighted by Gasteiger charge is 2.35. The van der Waals surface area contributed by atoms with E-state index in [1.807, 2.05) is 6.07 Å². The first-order chi connectivity index (χ1) is 16.2. The number of nitrogens with one attached hydrogen (secondary N) is 3. The van der Waals surface area contributed by atoms with Crippen molar-refractivity contribution in [1.82, 2.24) is 9.71 Å². The normalized spacial score (nSPS) is 17.1. The number of carbonyl (C=O) groups excluding carboxylic acids is 2. The molecule has 4 heterocycles. The van der Waals surface area contributed by atoms with E-state index in [4.69, 9.17) is 0 Å². The van der Waals surface area contributed by atoms with Crippen LogP contribution in [-0.2, 0) is 27.7 Å². The Bertz CT molecular complexity index is 1410. The molecular formula is C21H18FN5O5S2. The van der Waals surface area contributed by atoms with Crippen molar-refractivity contribution in [3.8, 4) is 0 Å². The standard InChI is InChI=1S/C21H18FN5O5S2/c22-16-4-6-19(33-16)34(31,32)26-21(30)25-11-1-5-17(24-10-11)27-18(28)9-14-12-7-8-23-15(12)3-2-13(14)20(27)29/h1-6,10,20,23,29H,7-9H2,(H2,25,26,30). The van der Waals surface area contributed by atoms with Gasteiger partial charge in [0, 0.05) is 17.8 Å². The zero-order valence-electron chi connectivity index (χ0n) is 17.4. The van der Waals surface area contributed by atoms with Gasteiger partial charge in [0.15, 0.2) is 11.4 Å². The minimum Gasteiger partial charge on any atom is -0.384 e. The molecule has 13 heteroatoms. The summed E-state index contributed by atoms with van der Waals surface area (Å²) < 4.78 is 38.8. The molecule has 2 aliphatic heterocycles. The number of hydrogen-bond donors (Lipinski definition) is 4. The number of rotatable bonds is 4. The van der Waals surface area contributed by atoms with Gasteiger partial charge in [-0.3, -0.25) is 9.69 Å². The lowest BCUT2D eigenvalue weighted by Gasteiger charge is -2.34. The number of urea groups is 1. The summed E-state index contributed by atoms with van der Waals surface area (Å²) in [6, 6.07) is 7.50. The van der Waals surface area contributed by atoms with Crippen molar-refractivity contribution in [2.75, 3.05) is 22.1 Å². The van der Waals surface area contributed by atoms with Crippen LogP contribution in [0.15, 0.2) is 46.8 Å². The van der Waals surface area contributed by atoms with Crippen LogP contribution in [0.25, 0.3) is 0 Å². The Morgan fingerprint density at radius 2 is 2.03 bits per heavy atom. The molecule has 4 N–H and O–H groups in total. The monoisotopic (exact) mass is 503 g/mol. The largest absolute Gasteiger partial charge is 0.384 e. The first-order valence-corrected chi connectivity index (χ1v) is 12.5. The number of fused-ring (bicyclic) bond motifs is 3. The predicted molar refractivity (Wildman–Crippen MR) is 123 cm³/mol. The minimum absolute atomic E-state index is 0.127. The molecule has 0 bridgehead atoms. The quantitative estimate of drug-likeness (QED) is 0.428. The third-order valence-electron chi connectivity index (χ3n) is 5.57. The summed E-state index contributed by atoms with van der Waals surface area (Å²) >= 11 is 0.389. The van der Waals surface area contributed by atoms with Gasteiger partial charge in [0.1, 0.15) is 10.0 Å². The third kappa shape index (κ3) is 3.97. The number of hydrogen-bond acceptors (Lipinski definition) is 8. The van der Waals surface area contributed by atoms with Gasteiger partial charge in [-0.25, -0.2) is 22.9 Å². The number of benzene rings is 1. The maximum Gasteiger partial charge on any atom is 0.333 e. The number of anilines is 3. The van der Waals surface area contributed by atoms with Crippen molar-refractivity contribution in [2.24, 2.45) is 0 Å². The van der Waals surface area contributed by atoms with Gasteiger partial charge in [0.25, 0.3) is 10.0 Å². The topological polar surface area (TPSA) is 141 Å². The lowest BCUT2D eigenvalue weighted by atomic mass is 9.91. The molecule has 5 rings (SSSR count). The summed E-state index contributed by atoms with van der Waals surface area (Å²) in [7, 11) is -4.23. The van der Waals surface area contributed by atoms with Gasteiger partial charge in [-0.2, -0.15) is 4.39 Å². The fourth-order valence-electron chi connectivity index (χ4n) is 4.07. The van der Waals surface area contributed by atoms with Gasteiger partial charge in [-0.1, -0.05) is 17.4 Å². The highest BCUT2D eigenvalue weighted by atomic mass is 32.2. The van der Waals surface area contributed by atoms with E-state index in [1.165, 1.54) is 23.2 Å². The zero-order chi connectivity index (χ0) is 24.0. The zero-order valence-corrected chi connectivity index (χ0v) is 19.0. The number of aliphatic hydroxyl groups is 1. The Kier molecular flexibility index (Phi) is 5.46. The van der Waals surface area contributed by atoms with Crippen LogP contribution in [0.4, 0.5) is 26.4 Å². The second-order valence-electron chi connectivity index (χ2n) is 7.67. The number of sulfonamides is 1. The SMILES string of the molecule is O=C(Nc1ccc(N2C(=O)Cc3c(ccc4c3CCN4)C2O)nc1)NS(=O)(=O)c1ccc(F)s1. The second-order valence-corrected chi connectivity index (χ2v) is 10.6. The van der Waals surface area contributed by atoms with Crippen LogP contribution in [0.1, 0.15) is 22.9 Å². The number of amides is 3. The lowest BCUT2D eigenvalue weighted by molar-refractivity contribution is -0.120. The molecule has 3 aromatic rings. The fraction of sp³-hybridized carbons (Fsp3) is 0.190. The van der Waals surface area contributed by atoms with Crippen LogP contribution in [-0.4, -0.2) is 37.0 Å². The molecule has 1 aromatic carbocycles. The smallest absolute Gasteiger partial charge is 0.333 e. The molecule has 3 amide bonds. The van der Waals surface area contributed by atoms with Crippen molar-refractivity contribution in [3.05, 3.63) is 64.4 Å². The summed E-state index contributed by atoms with van der Waals surface area (Å²) in [6.45, 7) is 0.787. The maximum atomic E-state index is 13.1. The maximum absolute atomic E-state index is 13.1. The average molecular weight is 504 g/mol. The number of pyridine rings is 1. The summed E-state index contributed by atoms with van der Waals surface area (Å²) in [5.41, 5.74) is 3.64. The molecule has 2 aromatic heterocycles. The molecule has 0 fully saturated rings. The van der Waals surface area contributed by atoms with Crippen LogP contribution >= 0.6 is 11.3 Å². The fourth-order valence-corrected chi connectivity index (χ4v) is 5.98. The predicted octanol–water partition coefficient (Wildman–Crippen LogP) is 2.34. The van der Waals surface area contributed by atoms with E-state index in [-0.39, 0.29) is 28.0 Å². The molecule has 0 saturated heterocycles. The number of nitrogens with zero attached hydrogens (tertiary/aromatic N) is 2. The molecule has 0 saturated carbocycles. The van der Waals surface area contributed by atoms with Crippen LogP contribution in [0.2, 0.25) is 0 Å². The van der Waals surface area contributed by atoms with E-state index >= 15 is 0 Å². The molecule has 0 aliphatic carbocycles. The van der Waals surface area contributed by atoms with E-state index in [9.17, 15) is 27.5 Å². The van der Waals surface area contributed by atoms with Crippen molar-refractivity contribution in [2.45, 2.75) is 23.3 Å². The summed E-state index contributed by atoms with van der Waals surface area (Å²) in [5, 5.41) is 15.8. The van der Waals surface area contributed by atoms with Crippen molar-refractivity contribution >= 4 is 50.5 Å².